The zero-order valence-corrected chi connectivity index (χ0v) is 11.1. The summed E-state index contributed by atoms with van der Waals surface area (Å²) in [7, 11) is 0. The van der Waals surface area contributed by atoms with Crippen LogP contribution in [0.3, 0.4) is 0 Å². The van der Waals surface area contributed by atoms with E-state index >= 15 is 0 Å². The monoisotopic (exact) mass is 269 g/mol. The van der Waals surface area contributed by atoms with Crippen molar-refractivity contribution in [2.75, 3.05) is 0 Å². The Morgan fingerprint density at radius 1 is 1.29 bits per heavy atom. The molecule has 4 nitrogen and oxygen atoms in total. The van der Waals surface area contributed by atoms with E-state index in [9.17, 15) is 15.2 Å². The van der Waals surface area contributed by atoms with Crippen LogP contribution >= 0.6 is 0 Å². The molecule has 0 unspecified atom stereocenters. The van der Waals surface area contributed by atoms with E-state index in [1.807, 2.05) is 0 Å². The molecule has 0 aliphatic heterocycles. The minimum atomic E-state index is -0.571. The van der Waals surface area contributed by atoms with Crippen LogP contribution < -0.4 is 0 Å². The van der Waals surface area contributed by atoms with Gasteiger partial charge in [0.2, 0.25) is 5.69 Å². The van der Waals surface area contributed by atoms with Gasteiger partial charge in [-0.25, -0.2) is 0 Å². The van der Waals surface area contributed by atoms with Crippen molar-refractivity contribution in [3.8, 4) is 5.75 Å². The summed E-state index contributed by atoms with van der Waals surface area (Å²) in [5, 5.41) is 20.0. The van der Waals surface area contributed by atoms with Gasteiger partial charge in [-0.05, 0) is 0 Å². The van der Waals surface area contributed by atoms with Crippen molar-refractivity contribution >= 4 is 5.69 Å². The van der Waals surface area contributed by atoms with Crippen LogP contribution in [0.15, 0.2) is 0 Å². The molecule has 0 aliphatic rings. The van der Waals surface area contributed by atoms with Gasteiger partial charge in [0.15, 0.2) is 0 Å². The average Bonchev–Trinajstić information content (AvgIpc) is 2.01. The van der Waals surface area contributed by atoms with Crippen molar-refractivity contribution in [1.29, 1.82) is 0 Å². The smallest absolute Gasteiger partial charge is 0.209 e. The number of phenols is 1. The van der Waals surface area contributed by atoms with E-state index in [2.05, 4.69) is 6.07 Å². The van der Waals surface area contributed by atoms with E-state index < -0.39 is 4.92 Å². The average molecular weight is 269 g/mol. The minimum Gasteiger partial charge on any atom is -0.559 e. The second-order valence-electron chi connectivity index (χ2n) is 2.95. The molecule has 0 spiro atoms. The zero-order valence-electron chi connectivity index (χ0n) is 8.29. The van der Waals surface area contributed by atoms with Gasteiger partial charge in [-0.2, -0.15) is 11.6 Å². The van der Waals surface area contributed by atoms with Gasteiger partial charge >= 0.3 is 0 Å². The first kappa shape index (κ1) is 13.5. The van der Waals surface area contributed by atoms with E-state index in [0.717, 1.165) is 0 Å². The number of rotatable bonds is 1. The van der Waals surface area contributed by atoms with Crippen LogP contribution in [-0.2, 0) is 32.7 Å². The topological polar surface area (TPSA) is 63.4 Å². The fourth-order valence-corrected chi connectivity index (χ4v) is 1.19. The van der Waals surface area contributed by atoms with E-state index in [-0.39, 0.29) is 44.1 Å². The number of nitrogens with zero attached hydrogens (tertiary/aromatic N) is 1. The number of phenolic OH excluding ortho intramolecular Hbond substituents is 1. The Hall–Kier alpha value is -0.476. The van der Waals surface area contributed by atoms with Gasteiger partial charge in [0.05, 0.1) is 5.75 Å². The molecule has 1 radical (unpaired) electrons. The van der Waals surface area contributed by atoms with Gasteiger partial charge < -0.3 is 5.11 Å². The third kappa shape index (κ3) is 2.31. The number of hydrogen-bond acceptors (Lipinski definition) is 3. The molecule has 0 saturated carbocycles. The molecule has 0 fully saturated rings. The SMILES string of the molecule is Cc1[c-]c(C)c(O)c([N+](=O)[O-])c1C.[Y]. The number of hydrogen-bond donors (Lipinski definition) is 1. The number of benzene rings is 1. The third-order valence-electron chi connectivity index (χ3n) is 2.05. The van der Waals surface area contributed by atoms with Crippen LogP contribution in [0.25, 0.3) is 0 Å². The standard InChI is InChI=1S/C9H10NO3.Y/c1-5-4-6(2)9(11)8(7(5)3)10(12)13;/h11H,1-3H3;/q-1;. The molecule has 1 aromatic rings. The summed E-state index contributed by atoms with van der Waals surface area (Å²) < 4.78 is 0. The van der Waals surface area contributed by atoms with Crippen LogP contribution in [0, 0.1) is 37.0 Å². The second-order valence-corrected chi connectivity index (χ2v) is 2.95. The van der Waals surface area contributed by atoms with E-state index in [1.165, 1.54) is 0 Å². The van der Waals surface area contributed by atoms with Gasteiger partial charge in [0, 0.05) is 37.6 Å². The summed E-state index contributed by atoms with van der Waals surface area (Å²) in [6.07, 6.45) is 0. The first-order valence-electron chi connectivity index (χ1n) is 3.81. The number of nitro groups is 1. The largest absolute Gasteiger partial charge is 0.559 e. The molecule has 1 N–H and O–H groups in total. The molecule has 0 aromatic heterocycles. The van der Waals surface area contributed by atoms with E-state index in [1.54, 1.807) is 20.8 Å². The van der Waals surface area contributed by atoms with Crippen LogP contribution in [0.5, 0.6) is 5.75 Å². The van der Waals surface area contributed by atoms with Gasteiger partial charge in [-0.3, -0.25) is 10.1 Å². The van der Waals surface area contributed by atoms with Crippen molar-refractivity contribution in [2.45, 2.75) is 20.8 Å². The maximum atomic E-state index is 10.6. The molecular formula is C9H10NO3Y-. The Morgan fingerprint density at radius 3 is 2.21 bits per heavy atom. The number of aryl methyl sites for hydroxylation is 2. The Bertz CT molecular complexity index is 351. The van der Waals surface area contributed by atoms with Crippen molar-refractivity contribution in [3.63, 3.8) is 0 Å². The van der Waals surface area contributed by atoms with Gasteiger partial charge in [0.25, 0.3) is 0 Å². The van der Waals surface area contributed by atoms with Crippen LogP contribution in [0.2, 0.25) is 0 Å². The van der Waals surface area contributed by atoms with Gasteiger partial charge in [-0.1, -0.05) is 26.3 Å². The quantitative estimate of drug-likeness (QED) is 0.482. The molecule has 0 bridgehead atoms. The maximum absolute atomic E-state index is 10.6. The summed E-state index contributed by atoms with van der Waals surface area (Å²) >= 11 is 0. The molecule has 0 atom stereocenters. The third-order valence-corrected chi connectivity index (χ3v) is 2.05. The Labute approximate surface area is 107 Å². The van der Waals surface area contributed by atoms with Crippen LogP contribution in [0.1, 0.15) is 16.7 Å². The molecule has 0 aliphatic carbocycles. The first-order valence-corrected chi connectivity index (χ1v) is 3.81. The van der Waals surface area contributed by atoms with Crippen LogP contribution in [0.4, 0.5) is 5.69 Å². The molecular weight excluding hydrogens is 259 g/mol. The molecule has 5 heteroatoms. The fraction of sp³-hybridized carbons (Fsp3) is 0.333. The minimum absolute atomic E-state index is 0. The Balaban J connectivity index is 0.00000169. The molecule has 0 saturated heterocycles. The number of nitro benzene ring substituents is 1. The normalized spacial score (nSPS) is 9.36. The van der Waals surface area contributed by atoms with E-state index in [4.69, 9.17) is 0 Å². The zero-order chi connectivity index (χ0) is 10.2. The van der Waals surface area contributed by atoms with Gasteiger partial charge in [0.1, 0.15) is 0 Å². The predicted molar refractivity (Wildman–Crippen MR) is 47.8 cm³/mol. The maximum Gasteiger partial charge on any atom is 0.209 e. The first-order chi connectivity index (χ1) is 5.95. The summed E-state index contributed by atoms with van der Waals surface area (Å²) in [6.45, 7) is 4.92. The summed E-state index contributed by atoms with van der Waals surface area (Å²) in [5.41, 5.74) is 1.36. The van der Waals surface area contributed by atoms with Gasteiger partial charge in [-0.15, -0.1) is 5.56 Å². The predicted octanol–water partition coefficient (Wildman–Crippen LogP) is 2.02. The molecule has 14 heavy (non-hydrogen) atoms. The van der Waals surface area contributed by atoms with Crippen LogP contribution in [-0.4, -0.2) is 10.0 Å². The molecule has 0 heterocycles. The summed E-state index contributed by atoms with van der Waals surface area (Å²) in [4.78, 5) is 10.0. The van der Waals surface area contributed by atoms with E-state index in [0.29, 0.717) is 16.7 Å². The molecule has 0 amide bonds. The van der Waals surface area contributed by atoms with Crippen molar-refractivity contribution in [2.24, 2.45) is 0 Å². The fourth-order valence-electron chi connectivity index (χ4n) is 1.19. The second kappa shape index (κ2) is 4.85. The van der Waals surface area contributed by atoms with Crippen molar-refractivity contribution < 1.29 is 42.7 Å². The van der Waals surface area contributed by atoms with Crippen molar-refractivity contribution in [1.82, 2.24) is 0 Å². The Morgan fingerprint density at radius 2 is 1.79 bits per heavy atom. The molecule has 1 rings (SSSR count). The van der Waals surface area contributed by atoms with Crippen molar-refractivity contribution in [3.05, 3.63) is 32.9 Å². The number of aromatic hydroxyl groups is 1. The summed E-state index contributed by atoms with van der Waals surface area (Å²) in [6, 6.07) is 2.85. The summed E-state index contributed by atoms with van der Waals surface area (Å²) in [5.74, 6) is -0.284. The Kier molecular flexibility index (Phi) is 4.68. The molecule has 1 aromatic carbocycles. The molecule has 73 valence electrons.